The van der Waals surface area contributed by atoms with Crippen LogP contribution >= 0.6 is 0 Å². The molecule has 1 unspecified atom stereocenters. The first-order chi connectivity index (χ1) is 15.7. The maximum Gasteiger partial charge on any atom is 0.180 e. The van der Waals surface area contributed by atoms with Crippen molar-refractivity contribution in [2.75, 3.05) is 23.3 Å². The summed E-state index contributed by atoms with van der Waals surface area (Å²) in [5, 5.41) is 21.6. The second-order valence-electron chi connectivity index (χ2n) is 8.22. The summed E-state index contributed by atoms with van der Waals surface area (Å²) in [4.78, 5) is 11.6. The van der Waals surface area contributed by atoms with Gasteiger partial charge in [0.05, 0.1) is 23.5 Å². The first-order valence-corrected chi connectivity index (χ1v) is 10.8. The van der Waals surface area contributed by atoms with Gasteiger partial charge in [0.2, 0.25) is 0 Å². The van der Waals surface area contributed by atoms with Gasteiger partial charge in [-0.05, 0) is 43.2 Å². The van der Waals surface area contributed by atoms with Gasteiger partial charge in [-0.15, -0.1) is 0 Å². The molecule has 32 heavy (non-hydrogen) atoms. The number of imidazole rings is 1. The number of anilines is 3. The summed E-state index contributed by atoms with van der Waals surface area (Å²) in [5.41, 5.74) is 5.63. The van der Waals surface area contributed by atoms with E-state index >= 15 is 0 Å². The number of nitrogens with zero attached hydrogens (tertiary/aromatic N) is 5. The minimum atomic E-state index is -0.247. The molecule has 6 rings (SSSR count). The molecule has 2 aromatic carbocycles. The molecule has 1 aliphatic rings. The van der Waals surface area contributed by atoms with Crippen LogP contribution in [-0.4, -0.2) is 48.9 Å². The fourth-order valence-electron chi connectivity index (χ4n) is 4.33. The van der Waals surface area contributed by atoms with E-state index < -0.39 is 0 Å². The smallest absolute Gasteiger partial charge is 0.180 e. The van der Waals surface area contributed by atoms with E-state index in [2.05, 4.69) is 49.7 Å². The summed E-state index contributed by atoms with van der Waals surface area (Å²) in [5.74, 6) is 0.693. The first-order valence-electron chi connectivity index (χ1n) is 10.8. The number of aromatic nitrogens is 5. The molecule has 1 aliphatic heterocycles. The van der Waals surface area contributed by atoms with Gasteiger partial charge in [0.1, 0.15) is 0 Å². The number of benzene rings is 2. The predicted octanol–water partition coefficient (Wildman–Crippen LogP) is 3.98. The highest BCUT2D eigenvalue weighted by molar-refractivity contribution is 5.84. The average Bonchev–Trinajstić information content (AvgIpc) is 3.48. The SMILES string of the molecule is OC1CCCN(c2ccc(Nc3nc(-c4ccc5cn[nH]c5c4)cn4ccnc34)cc2)C1. The van der Waals surface area contributed by atoms with Crippen LogP contribution < -0.4 is 10.2 Å². The fraction of sp³-hybridized carbons (Fsp3) is 0.208. The van der Waals surface area contributed by atoms with E-state index in [-0.39, 0.29) is 6.10 Å². The molecule has 0 bridgehead atoms. The quantitative estimate of drug-likeness (QED) is 0.403. The minimum absolute atomic E-state index is 0.247. The van der Waals surface area contributed by atoms with E-state index in [9.17, 15) is 5.11 Å². The number of hydrogen-bond acceptors (Lipinski definition) is 6. The van der Waals surface area contributed by atoms with Gasteiger partial charge >= 0.3 is 0 Å². The molecule has 0 radical (unpaired) electrons. The third-order valence-corrected chi connectivity index (χ3v) is 6.00. The van der Waals surface area contributed by atoms with Crippen LogP contribution in [0.25, 0.3) is 27.8 Å². The summed E-state index contributed by atoms with van der Waals surface area (Å²) in [7, 11) is 0. The Morgan fingerprint density at radius 2 is 2.03 bits per heavy atom. The highest BCUT2D eigenvalue weighted by Crippen LogP contribution is 2.28. The lowest BCUT2D eigenvalue weighted by Gasteiger charge is -2.32. The van der Waals surface area contributed by atoms with E-state index in [1.807, 2.05) is 41.2 Å². The van der Waals surface area contributed by atoms with Crippen molar-refractivity contribution in [1.29, 1.82) is 0 Å². The number of aliphatic hydroxyl groups excluding tert-OH is 1. The van der Waals surface area contributed by atoms with E-state index in [0.29, 0.717) is 12.4 Å². The van der Waals surface area contributed by atoms with Crippen molar-refractivity contribution in [2.45, 2.75) is 18.9 Å². The van der Waals surface area contributed by atoms with Crippen LogP contribution in [0.2, 0.25) is 0 Å². The van der Waals surface area contributed by atoms with E-state index in [1.165, 1.54) is 0 Å². The van der Waals surface area contributed by atoms with Crippen LogP contribution in [0.1, 0.15) is 12.8 Å². The summed E-state index contributed by atoms with van der Waals surface area (Å²) in [6, 6.07) is 14.4. The number of nitrogens with one attached hydrogen (secondary N) is 2. The molecule has 1 saturated heterocycles. The van der Waals surface area contributed by atoms with Crippen molar-refractivity contribution in [3.8, 4) is 11.3 Å². The van der Waals surface area contributed by atoms with E-state index in [1.54, 1.807) is 6.20 Å². The Labute approximate surface area is 184 Å². The number of aliphatic hydroxyl groups is 1. The molecule has 0 spiro atoms. The standard InChI is InChI=1S/C24H23N7O/c32-20-2-1-10-30(14-20)19-7-5-18(6-8-19)27-23-24-25-9-11-31(24)15-22(28-23)16-3-4-17-13-26-29-21(17)12-16/h3-9,11-13,15,20,32H,1-2,10,14H2,(H,26,29)(H,27,28). The molecule has 160 valence electrons. The molecule has 0 amide bonds. The summed E-state index contributed by atoms with van der Waals surface area (Å²) in [6.45, 7) is 1.66. The summed E-state index contributed by atoms with van der Waals surface area (Å²) >= 11 is 0. The zero-order chi connectivity index (χ0) is 21.5. The zero-order valence-electron chi connectivity index (χ0n) is 17.4. The maximum absolute atomic E-state index is 9.96. The van der Waals surface area contributed by atoms with Gasteiger partial charge < -0.3 is 19.7 Å². The highest BCUT2D eigenvalue weighted by atomic mass is 16.3. The van der Waals surface area contributed by atoms with Gasteiger partial charge in [0.15, 0.2) is 11.5 Å². The lowest BCUT2D eigenvalue weighted by atomic mass is 10.1. The number of rotatable bonds is 4. The van der Waals surface area contributed by atoms with E-state index in [0.717, 1.165) is 58.6 Å². The van der Waals surface area contributed by atoms with Crippen molar-refractivity contribution in [2.24, 2.45) is 0 Å². The molecule has 0 aliphatic carbocycles. The minimum Gasteiger partial charge on any atom is -0.391 e. The molecular weight excluding hydrogens is 402 g/mol. The summed E-state index contributed by atoms with van der Waals surface area (Å²) < 4.78 is 1.98. The second kappa shape index (κ2) is 7.65. The molecular formula is C24H23N7O. The molecule has 0 saturated carbocycles. The van der Waals surface area contributed by atoms with Gasteiger partial charge in [-0.25, -0.2) is 9.97 Å². The Morgan fingerprint density at radius 1 is 1.12 bits per heavy atom. The number of hydrogen-bond donors (Lipinski definition) is 3. The molecule has 4 heterocycles. The Kier molecular flexibility index (Phi) is 4.50. The second-order valence-corrected chi connectivity index (χ2v) is 8.22. The zero-order valence-corrected chi connectivity index (χ0v) is 17.4. The monoisotopic (exact) mass is 425 g/mol. The maximum atomic E-state index is 9.96. The molecule has 1 atom stereocenters. The van der Waals surface area contributed by atoms with Gasteiger partial charge in [0.25, 0.3) is 0 Å². The molecule has 3 N–H and O–H groups in total. The third kappa shape index (κ3) is 3.44. The Balaban J connectivity index is 1.32. The van der Waals surface area contributed by atoms with Crippen LogP contribution in [0, 0.1) is 0 Å². The number of fused-ring (bicyclic) bond motifs is 2. The largest absolute Gasteiger partial charge is 0.391 e. The number of piperidine rings is 1. The number of β-amino-alcohol motifs (C(OH)–C–C–N with tert-alkyl or cyclic N) is 1. The molecule has 8 nitrogen and oxygen atoms in total. The average molecular weight is 425 g/mol. The van der Waals surface area contributed by atoms with Crippen LogP contribution in [0.5, 0.6) is 0 Å². The highest BCUT2D eigenvalue weighted by Gasteiger charge is 2.18. The lowest BCUT2D eigenvalue weighted by Crippen LogP contribution is -2.38. The van der Waals surface area contributed by atoms with Crippen molar-refractivity contribution in [3.05, 3.63) is 67.3 Å². The third-order valence-electron chi connectivity index (χ3n) is 6.00. The van der Waals surface area contributed by atoms with Crippen LogP contribution in [-0.2, 0) is 0 Å². The molecule has 3 aromatic heterocycles. The fourth-order valence-corrected chi connectivity index (χ4v) is 4.33. The van der Waals surface area contributed by atoms with Crippen molar-refractivity contribution in [1.82, 2.24) is 24.6 Å². The first kappa shape index (κ1) is 18.8. The van der Waals surface area contributed by atoms with Crippen molar-refractivity contribution >= 4 is 33.7 Å². The topological polar surface area (TPSA) is 94.4 Å². The van der Waals surface area contributed by atoms with Crippen LogP contribution in [0.4, 0.5) is 17.2 Å². The summed E-state index contributed by atoms with van der Waals surface area (Å²) in [6.07, 6.45) is 9.14. The van der Waals surface area contributed by atoms with Gasteiger partial charge in [-0.1, -0.05) is 12.1 Å². The predicted molar refractivity (Wildman–Crippen MR) is 125 cm³/mol. The number of aromatic amines is 1. The van der Waals surface area contributed by atoms with Gasteiger partial charge in [0, 0.05) is 54.0 Å². The molecule has 1 fully saturated rings. The normalized spacial score (nSPS) is 16.7. The van der Waals surface area contributed by atoms with Crippen molar-refractivity contribution in [3.63, 3.8) is 0 Å². The lowest BCUT2D eigenvalue weighted by molar-refractivity contribution is 0.154. The van der Waals surface area contributed by atoms with Crippen LogP contribution in [0.3, 0.4) is 0 Å². The van der Waals surface area contributed by atoms with Crippen LogP contribution in [0.15, 0.2) is 67.3 Å². The van der Waals surface area contributed by atoms with Crippen molar-refractivity contribution < 1.29 is 5.11 Å². The number of H-pyrrole nitrogens is 1. The van der Waals surface area contributed by atoms with E-state index in [4.69, 9.17) is 4.98 Å². The Bertz CT molecular complexity index is 1390. The Hall–Kier alpha value is -3.91. The molecule has 5 aromatic rings. The van der Waals surface area contributed by atoms with Gasteiger partial charge in [-0.2, -0.15) is 5.10 Å². The Morgan fingerprint density at radius 3 is 2.91 bits per heavy atom. The molecule has 8 heteroatoms. The van der Waals surface area contributed by atoms with Gasteiger partial charge in [-0.3, -0.25) is 5.10 Å².